The van der Waals surface area contributed by atoms with Crippen LogP contribution in [0, 0.1) is 13.5 Å². The molecule has 0 spiro atoms. The van der Waals surface area contributed by atoms with Gasteiger partial charge in [0.05, 0.1) is 44.2 Å². The Hall–Kier alpha value is -7.19. The van der Waals surface area contributed by atoms with Crippen molar-refractivity contribution in [3.05, 3.63) is 144 Å². The van der Waals surface area contributed by atoms with Crippen molar-refractivity contribution in [1.29, 1.82) is 0 Å². The smallest absolute Gasteiger partial charge is 0.364 e. The van der Waals surface area contributed by atoms with Crippen LogP contribution in [0.25, 0.3) is 27.2 Å². The Morgan fingerprint density at radius 3 is 1.77 bits per heavy atom. The van der Waals surface area contributed by atoms with E-state index < -0.39 is 50.5 Å². The van der Waals surface area contributed by atoms with Crippen molar-refractivity contribution in [2.45, 2.75) is 96.5 Å². The number of aromatic nitrogens is 8. The predicted molar refractivity (Wildman–Crippen MR) is 271 cm³/mol. The summed E-state index contributed by atoms with van der Waals surface area (Å²) in [5.41, 5.74) is 3.53. The number of ether oxygens (including phenoxy) is 4. The van der Waals surface area contributed by atoms with Crippen LogP contribution in [-0.4, -0.2) is 120 Å². The molecule has 74 heavy (non-hydrogen) atoms. The van der Waals surface area contributed by atoms with Gasteiger partial charge in [0.25, 0.3) is 17.7 Å². The van der Waals surface area contributed by atoms with Crippen molar-refractivity contribution in [2.24, 2.45) is 4.74 Å². The zero-order valence-corrected chi connectivity index (χ0v) is 42.2. The van der Waals surface area contributed by atoms with Gasteiger partial charge in [-0.2, -0.15) is 4.74 Å². The highest BCUT2D eigenvalue weighted by molar-refractivity contribution is 7.51. The predicted octanol–water partition coefficient (Wildman–Crippen LogP) is 8.40. The van der Waals surface area contributed by atoms with Crippen molar-refractivity contribution in [3.8, 4) is 0 Å². The maximum absolute atomic E-state index is 14.3. The van der Waals surface area contributed by atoms with E-state index in [0.29, 0.717) is 39.9 Å². The molecule has 23 heteroatoms. The normalized spacial score (nSPS) is 20.5. The van der Waals surface area contributed by atoms with Gasteiger partial charge in [0.15, 0.2) is 34.0 Å². The van der Waals surface area contributed by atoms with Gasteiger partial charge < -0.3 is 34.4 Å². The van der Waals surface area contributed by atoms with E-state index in [-0.39, 0.29) is 74.0 Å². The fourth-order valence-corrected chi connectivity index (χ4v) is 10.3. The molecule has 0 saturated carbocycles. The first kappa shape index (κ1) is 51.7. The molecular formula is C51H55N12O10P. The molecule has 0 aliphatic carbocycles. The van der Waals surface area contributed by atoms with Gasteiger partial charge in [0.1, 0.15) is 50.0 Å². The van der Waals surface area contributed by atoms with Crippen LogP contribution in [0.15, 0.2) is 115 Å². The van der Waals surface area contributed by atoms with E-state index in [2.05, 4.69) is 50.1 Å². The van der Waals surface area contributed by atoms with Crippen LogP contribution in [0.5, 0.6) is 0 Å². The summed E-state index contributed by atoms with van der Waals surface area (Å²) >= 11 is 0. The summed E-state index contributed by atoms with van der Waals surface area (Å²) < 4.78 is 54.3. The van der Waals surface area contributed by atoms with Gasteiger partial charge in [-0.25, -0.2) is 36.5 Å². The summed E-state index contributed by atoms with van der Waals surface area (Å²) in [6.07, 6.45) is 1.33. The van der Waals surface area contributed by atoms with Gasteiger partial charge in [0.2, 0.25) is 6.54 Å². The molecule has 6 heterocycles. The van der Waals surface area contributed by atoms with Crippen LogP contribution < -0.4 is 10.6 Å². The largest absolute Gasteiger partial charge is 0.376 e. The highest BCUT2D eigenvalue weighted by Crippen LogP contribution is 2.57. The number of hydrogen-bond acceptors (Lipinski definition) is 16. The maximum atomic E-state index is 14.3. The van der Waals surface area contributed by atoms with Crippen LogP contribution in [0.3, 0.4) is 0 Å². The van der Waals surface area contributed by atoms with Crippen LogP contribution in [0.4, 0.5) is 11.6 Å². The van der Waals surface area contributed by atoms with E-state index >= 15 is 0 Å². The standard InChI is InChI=1S/C51H55N12O10P/c1-31(2)67-25-39-38(24-42(71-39)63-30-58-44-46(54-28-56-48(44)63)60-50(65)35-15-11-8-12-16-35)73-74(68-22-21-52-6,61-51(66)36-19-17-33(5)18-20-36)69-26-40-37(70-32(3)4)23-41(72-40)62-29-57-43-45(53-27-55-47(43)62)59-49(64)34-13-9-7-10-14-34/h7-20,27-32,37-42H,21-26H2,1-5H3,(H,53,55,59,64)(H,54,56,60,65)/t37-,38-,39-,40-,41-,42-,74?/m1/s1. The Morgan fingerprint density at radius 2 is 1.24 bits per heavy atom. The topological polar surface area (TPSA) is 244 Å². The van der Waals surface area contributed by atoms with Gasteiger partial charge in [-0.05, 0) is 71.0 Å². The molecule has 7 aromatic rings. The first-order valence-electron chi connectivity index (χ1n) is 24.1. The lowest BCUT2D eigenvalue weighted by molar-refractivity contribution is -0.0808. The number of benzene rings is 3. The lowest BCUT2D eigenvalue weighted by Gasteiger charge is -2.29. The fraction of sp³-hybridized carbons (Fsp3) is 0.373. The summed E-state index contributed by atoms with van der Waals surface area (Å²) in [6.45, 7) is 16.6. The zero-order valence-electron chi connectivity index (χ0n) is 41.3. The van der Waals surface area contributed by atoms with Gasteiger partial charge in [-0.15, -0.1) is 0 Å². The number of anilines is 2. The van der Waals surface area contributed by atoms with Crippen LogP contribution in [0.1, 0.15) is 89.6 Å². The Morgan fingerprint density at radius 1 is 0.703 bits per heavy atom. The zero-order chi connectivity index (χ0) is 51.8. The second kappa shape index (κ2) is 23.3. The van der Waals surface area contributed by atoms with E-state index in [1.807, 2.05) is 46.8 Å². The third-order valence-corrected chi connectivity index (χ3v) is 13.9. The molecule has 384 valence electrons. The monoisotopic (exact) mass is 1030 g/mol. The van der Waals surface area contributed by atoms with E-state index in [9.17, 15) is 14.4 Å². The average molecular weight is 1030 g/mol. The molecule has 2 saturated heterocycles. The summed E-state index contributed by atoms with van der Waals surface area (Å²) in [5, 5.41) is 5.68. The van der Waals surface area contributed by atoms with Crippen molar-refractivity contribution in [1.82, 2.24) is 39.0 Å². The van der Waals surface area contributed by atoms with Crippen molar-refractivity contribution in [2.75, 3.05) is 37.0 Å². The minimum absolute atomic E-state index is 0.0601. The lowest BCUT2D eigenvalue weighted by Crippen LogP contribution is -2.33. The first-order valence-corrected chi connectivity index (χ1v) is 25.6. The number of imidazole rings is 2. The van der Waals surface area contributed by atoms with E-state index in [0.717, 1.165) is 5.56 Å². The molecule has 2 N–H and O–H groups in total. The Balaban J connectivity index is 1.03. The van der Waals surface area contributed by atoms with Gasteiger partial charge in [0, 0.05) is 29.5 Å². The number of nitrogens with zero attached hydrogens (tertiary/aromatic N) is 10. The molecule has 7 atom stereocenters. The second-order valence-corrected chi connectivity index (χ2v) is 19.8. The molecule has 2 aliphatic heterocycles. The average Bonchev–Trinajstić information content (AvgIpc) is 4.22. The molecule has 4 aromatic heterocycles. The summed E-state index contributed by atoms with van der Waals surface area (Å²) in [6, 6.07) is 24.4. The molecule has 22 nitrogen and oxygen atoms in total. The van der Waals surface area contributed by atoms with Gasteiger partial charge in [-0.1, -0.05) is 54.1 Å². The summed E-state index contributed by atoms with van der Waals surface area (Å²) in [4.78, 5) is 71.0. The SMILES string of the molecule is [C-]#[N+]CCOP(=NC(=O)c1ccc(C)cc1)(OC[C@H]1O[C@@H](n2cnc3c(NC(=O)c4ccccc4)ncnc32)C[C@H]1OC(C)C)O[C@@H]1C[C@H](n2cnc3c(NC(=O)c4ccccc4)ncnc32)O[C@@H]1COC(C)C. The molecular weight excluding hydrogens is 972 g/mol. The van der Waals surface area contributed by atoms with E-state index in [1.165, 1.54) is 12.7 Å². The number of carbonyl (C=O) groups excluding carboxylic acids is 3. The molecule has 0 bridgehead atoms. The van der Waals surface area contributed by atoms with Gasteiger partial charge in [-0.3, -0.25) is 37.1 Å². The van der Waals surface area contributed by atoms with E-state index in [1.54, 1.807) is 94.6 Å². The maximum Gasteiger partial charge on any atom is 0.364 e. The van der Waals surface area contributed by atoms with Crippen LogP contribution >= 0.6 is 7.74 Å². The number of nitrogens with one attached hydrogen (secondary N) is 2. The number of amides is 3. The number of hydrogen-bond donors (Lipinski definition) is 2. The van der Waals surface area contributed by atoms with Crippen LogP contribution in [-0.2, 0) is 32.5 Å². The molecule has 0 radical (unpaired) electrons. The molecule has 1 unspecified atom stereocenters. The summed E-state index contributed by atoms with van der Waals surface area (Å²) in [5.74, 6) is -0.975. The number of carbonyl (C=O) groups is 3. The second-order valence-electron chi connectivity index (χ2n) is 18.0. The third-order valence-electron chi connectivity index (χ3n) is 11.9. The number of fused-ring (bicyclic) bond motifs is 2. The van der Waals surface area contributed by atoms with Crippen molar-refractivity contribution >= 4 is 59.4 Å². The molecule has 3 amide bonds. The molecule has 2 fully saturated rings. The quantitative estimate of drug-likeness (QED) is 0.0413. The Kier molecular flexibility index (Phi) is 16.3. The minimum atomic E-state index is -4.19. The minimum Gasteiger partial charge on any atom is -0.376 e. The van der Waals surface area contributed by atoms with Crippen molar-refractivity contribution < 1.29 is 46.9 Å². The fourth-order valence-electron chi connectivity index (χ4n) is 8.37. The molecule has 3 aromatic carbocycles. The highest BCUT2D eigenvalue weighted by atomic mass is 31.2. The van der Waals surface area contributed by atoms with E-state index in [4.69, 9.17) is 39.1 Å². The van der Waals surface area contributed by atoms with Crippen molar-refractivity contribution in [3.63, 3.8) is 0 Å². The molecule has 2 aliphatic rings. The molecule has 9 rings (SSSR count). The third kappa shape index (κ3) is 12.1. The highest BCUT2D eigenvalue weighted by Gasteiger charge is 2.45. The lowest BCUT2D eigenvalue weighted by atomic mass is 10.1. The Labute approximate surface area is 426 Å². The van der Waals surface area contributed by atoms with Gasteiger partial charge >= 0.3 is 7.74 Å². The first-order chi connectivity index (χ1) is 35.9. The Bertz CT molecular complexity index is 3190. The van der Waals surface area contributed by atoms with Crippen LogP contribution in [0.2, 0.25) is 0 Å². The number of aryl methyl sites for hydroxylation is 1. The number of rotatable bonds is 20. The summed E-state index contributed by atoms with van der Waals surface area (Å²) in [7, 11) is -4.19.